The molecular formula is C17H14FN5O2S. The number of benzene rings is 2. The maximum atomic E-state index is 13.1. The molecule has 0 atom stereocenters. The van der Waals surface area contributed by atoms with Crippen LogP contribution in [-0.4, -0.2) is 32.7 Å². The van der Waals surface area contributed by atoms with E-state index in [0.29, 0.717) is 22.1 Å². The first-order valence-electron chi connectivity index (χ1n) is 7.55. The molecule has 0 aliphatic carbocycles. The predicted molar refractivity (Wildman–Crippen MR) is 96.5 cm³/mol. The summed E-state index contributed by atoms with van der Waals surface area (Å²) in [6.45, 7) is 0. The average molecular weight is 371 g/mol. The van der Waals surface area contributed by atoms with Gasteiger partial charge < -0.3 is 10.6 Å². The third-order valence-electron chi connectivity index (χ3n) is 3.25. The molecule has 0 bridgehead atoms. The fraction of sp³-hybridized carbons (Fsp3) is 0.0588. The van der Waals surface area contributed by atoms with E-state index in [0.717, 1.165) is 0 Å². The van der Waals surface area contributed by atoms with Gasteiger partial charge in [0.05, 0.1) is 5.75 Å². The molecule has 3 aromatic rings. The van der Waals surface area contributed by atoms with Crippen molar-refractivity contribution in [2.24, 2.45) is 0 Å². The lowest BCUT2D eigenvalue weighted by Gasteiger charge is -2.07. The van der Waals surface area contributed by atoms with Crippen LogP contribution in [0.15, 0.2) is 60.0 Å². The van der Waals surface area contributed by atoms with Crippen molar-refractivity contribution in [1.29, 1.82) is 0 Å². The van der Waals surface area contributed by atoms with Gasteiger partial charge in [-0.1, -0.05) is 17.8 Å². The largest absolute Gasteiger partial charge is 0.325 e. The summed E-state index contributed by atoms with van der Waals surface area (Å²) >= 11 is 1.23. The number of nitrogens with zero attached hydrogens (tertiary/aromatic N) is 2. The molecule has 0 spiro atoms. The van der Waals surface area contributed by atoms with Gasteiger partial charge in [0, 0.05) is 16.9 Å². The number of carbonyl (C=O) groups is 2. The Hall–Kier alpha value is -3.20. The van der Waals surface area contributed by atoms with E-state index < -0.39 is 5.82 Å². The number of nitrogens with one attached hydrogen (secondary N) is 3. The quantitative estimate of drug-likeness (QED) is 0.579. The predicted octanol–water partition coefficient (Wildman–Crippen LogP) is 2.93. The van der Waals surface area contributed by atoms with Crippen LogP contribution in [0, 0.1) is 5.82 Å². The standard InChI is InChI=1S/C17H14FN5O2S/c18-12-2-1-3-14(8-12)22-16(25)11-4-6-13(7-5-11)21-15(24)9-26-17-19-10-20-23-17/h1-8,10H,9H2,(H,21,24)(H,22,25)(H,19,20,23). The summed E-state index contributed by atoms with van der Waals surface area (Å²) in [5.41, 5.74) is 1.33. The molecule has 0 aliphatic heterocycles. The van der Waals surface area contributed by atoms with E-state index in [1.54, 1.807) is 30.3 Å². The summed E-state index contributed by atoms with van der Waals surface area (Å²) in [6, 6.07) is 12.0. The monoisotopic (exact) mass is 371 g/mol. The molecule has 132 valence electrons. The van der Waals surface area contributed by atoms with Crippen molar-refractivity contribution in [1.82, 2.24) is 15.2 Å². The Balaban J connectivity index is 1.54. The number of hydrogen-bond acceptors (Lipinski definition) is 5. The zero-order valence-corrected chi connectivity index (χ0v) is 14.2. The molecule has 1 aromatic heterocycles. The molecule has 26 heavy (non-hydrogen) atoms. The lowest BCUT2D eigenvalue weighted by atomic mass is 10.2. The number of thioether (sulfide) groups is 1. The first-order chi connectivity index (χ1) is 12.6. The number of anilines is 2. The fourth-order valence-electron chi connectivity index (χ4n) is 2.07. The normalized spacial score (nSPS) is 10.3. The molecule has 2 aromatic carbocycles. The van der Waals surface area contributed by atoms with Crippen LogP contribution in [0.1, 0.15) is 10.4 Å². The Kier molecular flexibility index (Phi) is 5.59. The highest BCUT2D eigenvalue weighted by Gasteiger charge is 2.08. The van der Waals surface area contributed by atoms with Gasteiger partial charge in [-0.25, -0.2) is 9.37 Å². The van der Waals surface area contributed by atoms with Crippen molar-refractivity contribution in [3.05, 3.63) is 66.2 Å². The molecule has 0 aliphatic rings. The molecule has 0 unspecified atom stereocenters. The molecule has 7 nitrogen and oxygen atoms in total. The number of carbonyl (C=O) groups excluding carboxylic acids is 2. The second-order valence-electron chi connectivity index (χ2n) is 5.17. The second kappa shape index (κ2) is 8.26. The molecule has 3 N–H and O–H groups in total. The SMILES string of the molecule is O=C(CSc1ncn[nH]1)Nc1ccc(C(=O)Nc2cccc(F)c2)cc1. The van der Waals surface area contributed by atoms with E-state index >= 15 is 0 Å². The van der Waals surface area contributed by atoms with Crippen molar-refractivity contribution >= 4 is 35.0 Å². The number of amides is 2. The maximum Gasteiger partial charge on any atom is 0.255 e. The lowest BCUT2D eigenvalue weighted by molar-refractivity contribution is -0.113. The Labute approximate surface area is 152 Å². The summed E-state index contributed by atoms with van der Waals surface area (Å²) < 4.78 is 13.1. The third-order valence-corrected chi connectivity index (χ3v) is 4.12. The van der Waals surface area contributed by atoms with Crippen LogP contribution in [0.2, 0.25) is 0 Å². The van der Waals surface area contributed by atoms with Crippen molar-refractivity contribution < 1.29 is 14.0 Å². The van der Waals surface area contributed by atoms with Crippen LogP contribution in [0.3, 0.4) is 0 Å². The van der Waals surface area contributed by atoms with Gasteiger partial charge in [0.1, 0.15) is 12.1 Å². The van der Waals surface area contributed by atoms with E-state index in [1.165, 1.54) is 36.3 Å². The van der Waals surface area contributed by atoms with Gasteiger partial charge in [0.25, 0.3) is 5.91 Å². The molecule has 1 heterocycles. The molecule has 0 fully saturated rings. The fourth-order valence-corrected chi connectivity index (χ4v) is 2.65. The van der Waals surface area contributed by atoms with Gasteiger partial charge in [-0.3, -0.25) is 14.7 Å². The Morgan fingerprint density at radius 3 is 2.58 bits per heavy atom. The summed E-state index contributed by atoms with van der Waals surface area (Å²) in [4.78, 5) is 28.0. The van der Waals surface area contributed by atoms with Gasteiger partial charge >= 0.3 is 0 Å². The van der Waals surface area contributed by atoms with Crippen molar-refractivity contribution in [2.75, 3.05) is 16.4 Å². The number of H-pyrrole nitrogens is 1. The van der Waals surface area contributed by atoms with Crippen LogP contribution in [0.5, 0.6) is 0 Å². The Morgan fingerprint density at radius 1 is 1.08 bits per heavy atom. The highest BCUT2D eigenvalue weighted by Crippen LogP contribution is 2.15. The summed E-state index contributed by atoms with van der Waals surface area (Å²) in [7, 11) is 0. The maximum absolute atomic E-state index is 13.1. The first-order valence-corrected chi connectivity index (χ1v) is 8.54. The Morgan fingerprint density at radius 2 is 1.88 bits per heavy atom. The smallest absolute Gasteiger partial charge is 0.255 e. The Bertz CT molecular complexity index is 900. The summed E-state index contributed by atoms with van der Waals surface area (Å²) in [5, 5.41) is 12.2. The van der Waals surface area contributed by atoms with Gasteiger partial charge in [-0.05, 0) is 42.5 Å². The number of rotatable bonds is 6. The van der Waals surface area contributed by atoms with Crippen molar-refractivity contribution in [3.8, 4) is 0 Å². The molecule has 0 radical (unpaired) electrons. The van der Waals surface area contributed by atoms with E-state index in [2.05, 4.69) is 25.8 Å². The second-order valence-corrected chi connectivity index (χ2v) is 6.13. The van der Waals surface area contributed by atoms with Crippen LogP contribution in [0.25, 0.3) is 0 Å². The molecule has 3 rings (SSSR count). The van der Waals surface area contributed by atoms with Gasteiger partial charge in [-0.2, -0.15) is 5.10 Å². The number of aromatic nitrogens is 3. The molecular weight excluding hydrogens is 357 g/mol. The highest BCUT2D eigenvalue weighted by atomic mass is 32.2. The van der Waals surface area contributed by atoms with E-state index in [4.69, 9.17) is 0 Å². The zero-order chi connectivity index (χ0) is 18.4. The number of hydrogen-bond donors (Lipinski definition) is 3. The van der Waals surface area contributed by atoms with Gasteiger partial charge in [0.15, 0.2) is 5.16 Å². The number of aromatic amines is 1. The van der Waals surface area contributed by atoms with Crippen molar-refractivity contribution in [3.63, 3.8) is 0 Å². The topological polar surface area (TPSA) is 99.8 Å². The molecule has 9 heteroatoms. The van der Waals surface area contributed by atoms with Gasteiger partial charge in [-0.15, -0.1) is 0 Å². The third kappa shape index (κ3) is 4.90. The average Bonchev–Trinajstić information content (AvgIpc) is 3.14. The minimum absolute atomic E-state index is 0.178. The molecule has 2 amide bonds. The minimum atomic E-state index is -0.427. The lowest BCUT2D eigenvalue weighted by Crippen LogP contribution is -2.15. The van der Waals surface area contributed by atoms with E-state index in [9.17, 15) is 14.0 Å². The van der Waals surface area contributed by atoms with Gasteiger partial charge in [0.2, 0.25) is 5.91 Å². The van der Waals surface area contributed by atoms with Crippen LogP contribution in [0.4, 0.5) is 15.8 Å². The summed E-state index contributed by atoms with van der Waals surface area (Å²) in [5.74, 6) is -0.821. The first kappa shape index (κ1) is 17.6. The number of halogens is 1. The highest BCUT2D eigenvalue weighted by molar-refractivity contribution is 7.99. The van der Waals surface area contributed by atoms with Crippen LogP contribution < -0.4 is 10.6 Å². The van der Waals surface area contributed by atoms with E-state index in [-0.39, 0.29) is 17.6 Å². The minimum Gasteiger partial charge on any atom is -0.325 e. The zero-order valence-electron chi connectivity index (χ0n) is 13.4. The van der Waals surface area contributed by atoms with E-state index in [1.807, 2.05) is 0 Å². The van der Waals surface area contributed by atoms with Crippen LogP contribution >= 0.6 is 11.8 Å². The molecule has 0 saturated carbocycles. The molecule has 0 saturated heterocycles. The van der Waals surface area contributed by atoms with Crippen molar-refractivity contribution in [2.45, 2.75) is 5.16 Å². The summed E-state index contributed by atoms with van der Waals surface area (Å²) in [6.07, 6.45) is 1.37. The van der Waals surface area contributed by atoms with Crippen LogP contribution in [-0.2, 0) is 4.79 Å².